The predicted molar refractivity (Wildman–Crippen MR) is 505 cm³/mol. The van der Waals surface area contributed by atoms with Crippen LogP contribution in [0.5, 0.6) is 11.5 Å². The van der Waals surface area contributed by atoms with E-state index >= 15 is 0 Å². The molecule has 9 heteroatoms. The van der Waals surface area contributed by atoms with E-state index in [1.165, 1.54) is 115 Å². The molecule has 2 saturated carbocycles. The molecule has 0 aromatic heterocycles. The van der Waals surface area contributed by atoms with Gasteiger partial charge in [-0.05, 0) is 184 Å². The molecule has 6 aromatic carbocycles. The summed E-state index contributed by atoms with van der Waals surface area (Å²) in [7, 11) is 13.0. The molecule has 624 valence electrons. The molecule has 0 radical (unpaired) electrons. The number of benzene rings is 6. The molecule has 0 bridgehead atoms. The summed E-state index contributed by atoms with van der Waals surface area (Å²) in [6.07, 6.45) is 17.9. The van der Waals surface area contributed by atoms with Gasteiger partial charge in [-0.15, -0.1) is 0 Å². The summed E-state index contributed by atoms with van der Waals surface area (Å²) in [5, 5.41) is 0. The number of allylic oxidation sites excluding steroid dienone is 8. The summed E-state index contributed by atoms with van der Waals surface area (Å²) in [5.41, 5.74) is 27.3. The van der Waals surface area contributed by atoms with E-state index in [1.807, 2.05) is 28.4 Å². The monoisotopic (exact) mass is 1700 g/mol. The van der Waals surface area contributed by atoms with Crippen molar-refractivity contribution >= 4 is 56.5 Å². The van der Waals surface area contributed by atoms with Gasteiger partial charge in [-0.1, -0.05) is 361 Å². The van der Waals surface area contributed by atoms with Crippen LogP contribution in [0.25, 0.3) is 45.6 Å². The van der Waals surface area contributed by atoms with E-state index in [0.717, 1.165) is 35.9 Å². The molecule has 0 N–H and O–H groups in total. The first-order valence-electron chi connectivity index (χ1n) is 42.5. The molecular formula is C106H150Cl2O4Si2Zr. The fraction of sp³-hybridized carbons (Fsp3) is 0.528. The Kier molecular flexibility index (Phi) is 29.7. The third-order valence-electron chi connectivity index (χ3n) is 25.8. The van der Waals surface area contributed by atoms with Gasteiger partial charge in [0.15, 0.2) is 0 Å². The topological polar surface area (TPSA) is 36.9 Å². The summed E-state index contributed by atoms with van der Waals surface area (Å²) in [5.74, 6) is 7.52. The van der Waals surface area contributed by atoms with E-state index in [0.29, 0.717) is 57.7 Å². The molecule has 10 atom stereocenters. The predicted octanol–water partition coefficient (Wildman–Crippen LogP) is 32.1. The summed E-state index contributed by atoms with van der Waals surface area (Å²) in [6.45, 7) is 68.9. The summed E-state index contributed by atoms with van der Waals surface area (Å²) in [4.78, 5) is 0. The van der Waals surface area contributed by atoms with E-state index in [2.05, 4.69) is 350 Å². The van der Waals surface area contributed by atoms with Gasteiger partial charge in [0, 0.05) is 44.5 Å². The molecule has 0 saturated heterocycles. The van der Waals surface area contributed by atoms with Crippen LogP contribution >= 0.6 is 17.0 Å². The Morgan fingerprint density at radius 1 is 0.383 bits per heavy atom. The zero-order valence-electron chi connectivity index (χ0n) is 77.9. The Morgan fingerprint density at radius 3 is 0.913 bits per heavy atom. The first-order valence-corrected chi connectivity index (χ1v) is 55.1. The quantitative estimate of drug-likeness (QED) is 0.0715. The minimum atomic E-state index is -2.35. The summed E-state index contributed by atoms with van der Waals surface area (Å²) < 4.78 is 25.9. The molecule has 0 aliphatic heterocycles. The van der Waals surface area contributed by atoms with Gasteiger partial charge in [-0.2, -0.15) is 0 Å². The van der Waals surface area contributed by atoms with Crippen molar-refractivity contribution in [1.29, 1.82) is 0 Å². The normalized spacial score (nSPS) is 22.4. The van der Waals surface area contributed by atoms with Crippen molar-refractivity contribution in [3.8, 4) is 33.8 Å². The van der Waals surface area contributed by atoms with Crippen LogP contribution in [0.2, 0.25) is 37.3 Å². The Hall–Kier alpha value is -5.14. The van der Waals surface area contributed by atoms with Gasteiger partial charge in [0.25, 0.3) is 0 Å². The van der Waals surface area contributed by atoms with Crippen LogP contribution in [0, 0.1) is 82.9 Å². The Morgan fingerprint density at radius 2 is 0.670 bits per heavy atom. The van der Waals surface area contributed by atoms with Crippen LogP contribution in [-0.2, 0) is 41.2 Å². The molecule has 0 spiro atoms. The Balaban J connectivity index is 0.000000274. The van der Waals surface area contributed by atoms with E-state index < -0.39 is 37.0 Å². The molecule has 115 heavy (non-hydrogen) atoms. The van der Waals surface area contributed by atoms with Crippen LogP contribution in [0.3, 0.4) is 0 Å². The van der Waals surface area contributed by atoms with Gasteiger partial charge in [0.05, 0.1) is 44.6 Å². The van der Waals surface area contributed by atoms with E-state index in [4.69, 9.17) is 36.0 Å². The summed E-state index contributed by atoms with van der Waals surface area (Å²) in [6, 6.07) is 49.7. The summed E-state index contributed by atoms with van der Waals surface area (Å²) >= 11 is -0.826. The molecule has 4 nitrogen and oxygen atoms in total. The minimum absolute atomic E-state index is 0. The average molecular weight is 1710 g/mol. The second-order valence-corrected chi connectivity index (χ2v) is 58.1. The second-order valence-electron chi connectivity index (χ2n) is 44.6. The van der Waals surface area contributed by atoms with Crippen LogP contribution in [0.4, 0.5) is 0 Å². The van der Waals surface area contributed by atoms with Crippen molar-refractivity contribution in [3.05, 3.63) is 239 Å². The Bertz CT molecular complexity index is 4270. The second kappa shape index (κ2) is 35.9. The standard InChI is InChI=1S/C52H76O2Si.C52H68O2Si.2CH3.2ClH.Zr/c2*1-49(2,3)31-35-27-37-39(29-41(51(7,8)9)45(53-13)43(37)33-23-19-17-20-24-33)47(35)55(15,16)48-36(32-50(4,5)6)28-38-40(48)30-42(52(10,11)12)46(54-14)44(38)34-25-21-18-22-26-34;;;;;/h17-26,29-30,35-40,47-48H,27-28,31-32H2,1-16H3;17-30,47-48H,31-32H2,1-16H3;2*1H3;2*1H;/q;;2*-1;;;+4/p-2. The number of hydrogen-bond acceptors (Lipinski definition) is 4. The van der Waals surface area contributed by atoms with Crippen molar-refractivity contribution in [2.45, 2.75) is 264 Å². The molecule has 0 amide bonds. The van der Waals surface area contributed by atoms with Crippen molar-refractivity contribution < 1.29 is 39.8 Å². The SMILES string of the molecule is COC1=C(c2ccccc2)C2CC(CC(C)(C)C)C([Si](C)(C)C3C(CC(C)(C)C)CC4C(c5ccccc5)=C(OC)C(C(C)(C)C)=CC43)C2C=C1C(C)(C)C.COc1c(C(C)(C)C)cc2c(c1-c1ccccc1)C=C(CC(C)(C)C)C2[Si](C)(C)C1C(CC(C)(C)C)=Cc2c1cc(C(C)(C)C)c(OC)c2-c1ccccc1.[CH3-].[CH3-].[Cl][Zr+2][Cl]. The van der Waals surface area contributed by atoms with Gasteiger partial charge in [0.1, 0.15) is 23.0 Å². The first kappa shape index (κ1) is 95.3. The van der Waals surface area contributed by atoms with Crippen molar-refractivity contribution in [3.63, 3.8) is 0 Å². The molecule has 12 rings (SSSR count). The van der Waals surface area contributed by atoms with Crippen molar-refractivity contribution in [2.24, 2.45) is 68.0 Å². The van der Waals surface area contributed by atoms with Gasteiger partial charge < -0.3 is 33.8 Å². The van der Waals surface area contributed by atoms with Crippen LogP contribution in [-0.4, -0.2) is 44.6 Å². The maximum atomic E-state index is 6.52. The number of methoxy groups -OCH3 is 4. The first-order chi connectivity index (χ1) is 52.4. The fourth-order valence-electron chi connectivity index (χ4n) is 22.5. The molecule has 6 aliphatic carbocycles. The zero-order valence-corrected chi connectivity index (χ0v) is 83.9. The van der Waals surface area contributed by atoms with Crippen LogP contribution in [0.15, 0.2) is 179 Å². The zero-order chi connectivity index (χ0) is 83.6. The van der Waals surface area contributed by atoms with Gasteiger partial charge in [-0.3, -0.25) is 0 Å². The fourth-order valence-corrected chi connectivity index (χ4v) is 33.2. The molecule has 0 heterocycles. The number of halogens is 2. The molecule has 10 unspecified atom stereocenters. The van der Waals surface area contributed by atoms with Gasteiger partial charge in [-0.25, -0.2) is 0 Å². The van der Waals surface area contributed by atoms with E-state index in [9.17, 15) is 0 Å². The van der Waals surface area contributed by atoms with E-state index in [1.54, 1.807) is 11.1 Å². The van der Waals surface area contributed by atoms with Crippen molar-refractivity contribution in [2.75, 3.05) is 28.4 Å². The van der Waals surface area contributed by atoms with E-state index in [-0.39, 0.29) is 58.2 Å². The number of fused-ring (bicyclic) bond motifs is 4. The van der Waals surface area contributed by atoms with Crippen molar-refractivity contribution in [1.82, 2.24) is 0 Å². The molecule has 6 aliphatic rings. The van der Waals surface area contributed by atoms with Crippen LogP contribution < -0.4 is 9.47 Å². The number of hydrogen-bond donors (Lipinski definition) is 0. The third-order valence-corrected chi connectivity index (χ3v) is 35.3. The number of rotatable bonds is 16. The molecule has 2 fully saturated rings. The Labute approximate surface area is 723 Å². The maximum absolute atomic E-state index is 6.52. The molecular weight excluding hydrogens is 1560 g/mol. The third kappa shape index (κ3) is 20.4. The average Bonchev–Trinajstić information content (AvgIpc) is 1.56. The molecule has 6 aromatic rings. The number of ether oxygens (including phenoxy) is 4. The van der Waals surface area contributed by atoms with Gasteiger partial charge >= 0.3 is 37.9 Å². The van der Waals surface area contributed by atoms with Gasteiger partial charge in [0.2, 0.25) is 0 Å². The van der Waals surface area contributed by atoms with Crippen LogP contribution in [0.1, 0.15) is 260 Å².